The number of aromatic nitrogens is 2. The van der Waals surface area contributed by atoms with Crippen LogP contribution in [0.1, 0.15) is 32.3 Å². The Labute approximate surface area is 160 Å². The lowest BCUT2D eigenvalue weighted by Crippen LogP contribution is -2.57. The van der Waals surface area contributed by atoms with Crippen molar-refractivity contribution in [1.82, 2.24) is 9.97 Å². The van der Waals surface area contributed by atoms with Crippen molar-refractivity contribution in [3.05, 3.63) is 35.4 Å². The van der Waals surface area contributed by atoms with Crippen molar-refractivity contribution in [2.45, 2.75) is 38.8 Å². The molecule has 0 amide bonds. The SMILES string of the molecule is C=C/C=C(/CCN(C)c1ncc(C#N)c(N[C@@H]2C[C@H](O)C2(C)C)n1)SC. The number of thioether (sulfide) groups is 1. The largest absolute Gasteiger partial charge is 0.392 e. The smallest absolute Gasteiger partial charge is 0.227 e. The van der Waals surface area contributed by atoms with E-state index in [2.05, 4.69) is 27.9 Å². The number of aliphatic hydroxyl groups is 1. The van der Waals surface area contributed by atoms with Crippen molar-refractivity contribution >= 4 is 23.5 Å². The van der Waals surface area contributed by atoms with Gasteiger partial charge in [-0.3, -0.25) is 0 Å². The molecule has 1 aliphatic carbocycles. The first-order valence-corrected chi connectivity index (χ1v) is 9.84. The summed E-state index contributed by atoms with van der Waals surface area (Å²) in [5, 5.41) is 22.6. The van der Waals surface area contributed by atoms with Crippen LogP contribution in [0.5, 0.6) is 0 Å². The lowest BCUT2D eigenvalue weighted by Gasteiger charge is -2.49. The Balaban J connectivity index is 2.12. The maximum Gasteiger partial charge on any atom is 0.227 e. The van der Waals surface area contributed by atoms with Crippen molar-refractivity contribution in [2.75, 3.05) is 30.1 Å². The van der Waals surface area contributed by atoms with E-state index in [1.165, 1.54) is 4.91 Å². The molecule has 0 spiro atoms. The van der Waals surface area contributed by atoms with Gasteiger partial charge in [0.25, 0.3) is 0 Å². The zero-order valence-electron chi connectivity index (χ0n) is 15.9. The minimum Gasteiger partial charge on any atom is -0.392 e. The molecule has 1 fully saturated rings. The first kappa shape index (κ1) is 20.3. The predicted octanol–water partition coefficient (Wildman–Crippen LogP) is 3.18. The Hall–Kier alpha value is -2.04. The van der Waals surface area contributed by atoms with Gasteiger partial charge in [0, 0.05) is 25.0 Å². The average Bonchev–Trinajstić information content (AvgIpc) is 2.64. The van der Waals surface area contributed by atoms with Crippen LogP contribution in [0.25, 0.3) is 0 Å². The number of nitriles is 1. The molecule has 0 saturated heterocycles. The van der Waals surface area contributed by atoms with Crippen LogP contribution in [0.4, 0.5) is 11.8 Å². The van der Waals surface area contributed by atoms with Gasteiger partial charge in [0.15, 0.2) is 0 Å². The standard InChI is InChI=1S/C19H27N5OS/c1-6-7-14(26-5)8-9-24(4)18-21-12-13(11-20)17(23-18)22-15-10-16(25)19(15,2)3/h6-7,12,15-16,25H,1,8-10H2,2-5H3,(H,21,22,23)/b14-7-/t15-,16+/m1/s1. The predicted molar refractivity (Wildman–Crippen MR) is 108 cm³/mol. The van der Waals surface area contributed by atoms with E-state index in [0.29, 0.717) is 23.8 Å². The summed E-state index contributed by atoms with van der Waals surface area (Å²) in [5.41, 5.74) is 0.169. The Morgan fingerprint density at radius 2 is 2.35 bits per heavy atom. The third kappa shape index (κ3) is 4.37. The number of allylic oxidation sites excluding steroid dienone is 2. The minimum atomic E-state index is -0.337. The number of rotatable bonds is 8. The van der Waals surface area contributed by atoms with Crippen LogP contribution in [-0.4, -0.2) is 47.1 Å². The lowest BCUT2D eigenvalue weighted by molar-refractivity contribution is -0.0511. The zero-order valence-corrected chi connectivity index (χ0v) is 16.7. The molecular weight excluding hydrogens is 346 g/mol. The van der Waals surface area contributed by atoms with Gasteiger partial charge >= 0.3 is 0 Å². The fourth-order valence-corrected chi connectivity index (χ4v) is 3.35. The number of nitrogens with zero attached hydrogens (tertiary/aromatic N) is 4. The second-order valence-electron chi connectivity index (χ2n) is 7.06. The fourth-order valence-electron chi connectivity index (χ4n) is 2.82. The molecule has 26 heavy (non-hydrogen) atoms. The van der Waals surface area contributed by atoms with Gasteiger partial charge in [0.05, 0.1) is 12.3 Å². The van der Waals surface area contributed by atoms with Crippen LogP contribution in [0.3, 0.4) is 0 Å². The highest BCUT2D eigenvalue weighted by atomic mass is 32.2. The van der Waals surface area contributed by atoms with Gasteiger partial charge in [0.2, 0.25) is 5.95 Å². The molecule has 2 atom stereocenters. The summed E-state index contributed by atoms with van der Waals surface area (Å²) in [4.78, 5) is 12.1. The van der Waals surface area contributed by atoms with Crippen LogP contribution in [-0.2, 0) is 0 Å². The molecule has 0 aliphatic heterocycles. The topological polar surface area (TPSA) is 85.1 Å². The summed E-state index contributed by atoms with van der Waals surface area (Å²) >= 11 is 1.70. The fraction of sp³-hybridized carbons (Fsp3) is 0.526. The molecule has 0 aromatic carbocycles. The van der Waals surface area contributed by atoms with Crippen molar-refractivity contribution in [3.63, 3.8) is 0 Å². The highest BCUT2D eigenvalue weighted by Crippen LogP contribution is 2.42. The molecule has 1 aromatic heterocycles. The monoisotopic (exact) mass is 373 g/mol. The normalized spacial score (nSPS) is 21.5. The van der Waals surface area contributed by atoms with E-state index in [9.17, 15) is 10.4 Å². The third-order valence-corrected chi connectivity index (χ3v) is 5.89. The van der Waals surface area contributed by atoms with E-state index in [1.807, 2.05) is 38.1 Å². The first-order chi connectivity index (χ1) is 12.3. The maximum absolute atomic E-state index is 9.92. The second-order valence-corrected chi connectivity index (χ2v) is 7.99. The van der Waals surface area contributed by atoms with Gasteiger partial charge < -0.3 is 15.3 Å². The molecule has 1 aromatic rings. The highest BCUT2D eigenvalue weighted by molar-refractivity contribution is 8.02. The minimum absolute atomic E-state index is 0.0799. The summed E-state index contributed by atoms with van der Waals surface area (Å²) in [7, 11) is 1.94. The zero-order chi connectivity index (χ0) is 19.3. The van der Waals surface area contributed by atoms with Crippen LogP contribution < -0.4 is 10.2 Å². The molecular formula is C19H27N5OS. The number of anilines is 2. The lowest BCUT2D eigenvalue weighted by atomic mass is 9.64. The van der Waals surface area contributed by atoms with Crippen molar-refractivity contribution < 1.29 is 5.11 Å². The molecule has 0 unspecified atom stereocenters. The van der Waals surface area contributed by atoms with E-state index in [4.69, 9.17) is 0 Å². The second kappa shape index (κ2) is 8.56. The van der Waals surface area contributed by atoms with Gasteiger partial charge in [-0.05, 0) is 24.0 Å². The van der Waals surface area contributed by atoms with Crippen molar-refractivity contribution in [2.24, 2.45) is 5.41 Å². The summed E-state index contributed by atoms with van der Waals surface area (Å²) in [6.45, 7) is 8.52. The molecule has 140 valence electrons. The number of hydrogen-bond donors (Lipinski definition) is 2. The number of hydrogen-bond acceptors (Lipinski definition) is 7. The molecule has 6 nitrogen and oxygen atoms in total. The molecule has 1 heterocycles. The quantitative estimate of drug-likeness (QED) is 0.677. The average molecular weight is 374 g/mol. The van der Waals surface area contributed by atoms with Crippen molar-refractivity contribution in [3.8, 4) is 6.07 Å². The summed E-state index contributed by atoms with van der Waals surface area (Å²) < 4.78 is 0. The van der Waals surface area contributed by atoms with E-state index in [0.717, 1.165) is 13.0 Å². The van der Waals surface area contributed by atoms with Gasteiger partial charge in [0.1, 0.15) is 17.5 Å². The van der Waals surface area contributed by atoms with Gasteiger partial charge in [-0.25, -0.2) is 4.98 Å². The van der Waals surface area contributed by atoms with Crippen LogP contribution >= 0.6 is 11.8 Å². The Bertz CT molecular complexity index is 725. The molecule has 2 N–H and O–H groups in total. The first-order valence-electron chi connectivity index (χ1n) is 8.62. The third-order valence-electron chi connectivity index (χ3n) is 5.02. The molecule has 2 rings (SSSR count). The Kier molecular flexibility index (Phi) is 6.68. The molecule has 7 heteroatoms. The van der Waals surface area contributed by atoms with Crippen molar-refractivity contribution in [1.29, 1.82) is 5.26 Å². The van der Waals surface area contributed by atoms with E-state index >= 15 is 0 Å². The van der Waals surface area contributed by atoms with Crippen LogP contribution in [0.2, 0.25) is 0 Å². The molecule has 0 radical (unpaired) electrons. The van der Waals surface area contributed by atoms with E-state index in [-0.39, 0.29) is 17.6 Å². The van der Waals surface area contributed by atoms with E-state index < -0.39 is 0 Å². The maximum atomic E-state index is 9.92. The van der Waals surface area contributed by atoms with Crippen LogP contribution in [0, 0.1) is 16.7 Å². The van der Waals surface area contributed by atoms with Crippen LogP contribution in [0.15, 0.2) is 29.8 Å². The summed E-state index contributed by atoms with van der Waals surface area (Å²) in [5.74, 6) is 1.10. The Morgan fingerprint density at radius 3 is 2.88 bits per heavy atom. The number of nitrogens with one attached hydrogen (secondary N) is 1. The molecule has 1 saturated carbocycles. The van der Waals surface area contributed by atoms with Gasteiger partial charge in [-0.1, -0.05) is 32.6 Å². The number of aliphatic hydroxyl groups excluding tert-OH is 1. The molecule has 0 bridgehead atoms. The molecule has 1 aliphatic rings. The summed E-state index contributed by atoms with van der Waals surface area (Å²) in [6, 6.07) is 2.22. The van der Waals surface area contributed by atoms with E-state index in [1.54, 1.807) is 24.0 Å². The Morgan fingerprint density at radius 1 is 1.62 bits per heavy atom. The van der Waals surface area contributed by atoms with Gasteiger partial charge in [-0.2, -0.15) is 10.2 Å². The summed E-state index contributed by atoms with van der Waals surface area (Å²) in [6.07, 6.45) is 8.59. The highest BCUT2D eigenvalue weighted by Gasteiger charge is 2.47. The van der Waals surface area contributed by atoms with Gasteiger partial charge in [-0.15, -0.1) is 11.8 Å².